The van der Waals surface area contributed by atoms with Crippen molar-refractivity contribution in [2.45, 2.75) is 71.1 Å². The maximum absolute atomic E-state index is 3.73. The fourth-order valence-corrected chi connectivity index (χ4v) is 1.65. The molecule has 0 aromatic carbocycles. The molecule has 0 aromatic rings. The van der Waals surface area contributed by atoms with Gasteiger partial charge in [0.25, 0.3) is 0 Å². The molecule has 0 spiro atoms. The van der Waals surface area contributed by atoms with E-state index in [1.165, 1.54) is 64.2 Å². The van der Waals surface area contributed by atoms with Crippen LogP contribution in [0.4, 0.5) is 0 Å². The van der Waals surface area contributed by atoms with Crippen molar-refractivity contribution >= 4 is 0 Å². The number of allylic oxidation sites excluding steroid dienone is 3. The van der Waals surface area contributed by atoms with Gasteiger partial charge in [-0.1, -0.05) is 50.8 Å². The highest BCUT2D eigenvalue weighted by Gasteiger charge is 1.86. The molecule has 88 valence electrons. The molecule has 0 nitrogen and oxygen atoms in total. The van der Waals surface area contributed by atoms with Crippen LogP contribution in [0.5, 0.6) is 0 Å². The average molecular weight is 208 g/mol. The zero-order valence-electron chi connectivity index (χ0n) is 10.5. The van der Waals surface area contributed by atoms with Crippen molar-refractivity contribution in [1.82, 2.24) is 0 Å². The Hall–Kier alpha value is -0.520. The molecule has 0 aliphatic rings. The minimum absolute atomic E-state index is 1.18. The second-order valence-corrected chi connectivity index (χ2v) is 4.25. The van der Waals surface area contributed by atoms with Crippen LogP contribution in [0.2, 0.25) is 0 Å². The lowest BCUT2D eigenvalue weighted by atomic mass is 10.1. The van der Waals surface area contributed by atoms with Gasteiger partial charge in [-0.15, -0.1) is 6.58 Å². The van der Waals surface area contributed by atoms with E-state index in [0.717, 1.165) is 0 Å². The van der Waals surface area contributed by atoms with Crippen molar-refractivity contribution in [1.29, 1.82) is 0 Å². The molecule has 15 heavy (non-hydrogen) atoms. The van der Waals surface area contributed by atoms with E-state index in [-0.39, 0.29) is 0 Å². The van der Waals surface area contributed by atoms with E-state index in [4.69, 9.17) is 0 Å². The molecular formula is C15H28. The van der Waals surface area contributed by atoms with Crippen molar-refractivity contribution in [2.24, 2.45) is 0 Å². The molecule has 0 N–H and O–H groups in total. The van der Waals surface area contributed by atoms with Gasteiger partial charge in [-0.3, -0.25) is 0 Å². The maximum Gasteiger partial charge on any atom is -0.0351 e. The van der Waals surface area contributed by atoms with Crippen LogP contribution in [0.25, 0.3) is 0 Å². The van der Waals surface area contributed by atoms with Crippen LogP contribution < -0.4 is 0 Å². The zero-order chi connectivity index (χ0) is 11.2. The molecule has 0 amide bonds. The van der Waals surface area contributed by atoms with Crippen molar-refractivity contribution < 1.29 is 0 Å². The lowest BCUT2D eigenvalue weighted by Crippen LogP contribution is -1.76. The first-order chi connectivity index (χ1) is 7.41. The number of hydrogen-bond acceptors (Lipinski definition) is 0. The molecule has 0 heteroatoms. The van der Waals surface area contributed by atoms with Crippen molar-refractivity contribution in [3.8, 4) is 0 Å². The van der Waals surface area contributed by atoms with Crippen LogP contribution in [-0.2, 0) is 0 Å². The van der Waals surface area contributed by atoms with Crippen LogP contribution in [-0.4, -0.2) is 0 Å². The summed E-state index contributed by atoms with van der Waals surface area (Å²) in [5.74, 6) is 0. The largest absolute Gasteiger partial charge is 0.103 e. The quantitative estimate of drug-likeness (QED) is 0.304. The molecule has 0 rings (SSSR count). The Bertz CT molecular complexity index is 144. The Balaban J connectivity index is 3.00. The number of unbranched alkanes of at least 4 members (excludes halogenated alkanes) is 8. The van der Waals surface area contributed by atoms with Crippen LogP contribution in [0.3, 0.4) is 0 Å². The highest BCUT2D eigenvalue weighted by molar-refractivity contribution is 4.81. The summed E-state index contributed by atoms with van der Waals surface area (Å²) < 4.78 is 0. The first-order valence-corrected chi connectivity index (χ1v) is 6.67. The molecule has 0 heterocycles. The predicted molar refractivity (Wildman–Crippen MR) is 71.2 cm³/mol. The van der Waals surface area contributed by atoms with Crippen molar-refractivity contribution in [3.05, 3.63) is 24.8 Å². The van der Waals surface area contributed by atoms with Gasteiger partial charge < -0.3 is 0 Å². The van der Waals surface area contributed by atoms with Crippen molar-refractivity contribution in [3.63, 3.8) is 0 Å². The van der Waals surface area contributed by atoms with Gasteiger partial charge in [0.1, 0.15) is 0 Å². The highest BCUT2D eigenvalue weighted by Crippen LogP contribution is 2.06. The summed E-state index contributed by atoms with van der Waals surface area (Å²) in [6.45, 7) is 5.99. The monoisotopic (exact) mass is 208 g/mol. The fraction of sp³-hybridized carbons (Fsp3) is 0.733. The summed E-state index contributed by atoms with van der Waals surface area (Å²) in [6.07, 6.45) is 20.0. The molecule has 0 bridgehead atoms. The van der Waals surface area contributed by atoms with E-state index in [2.05, 4.69) is 25.7 Å². The molecule has 0 saturated heterocycles. The number of rotatable bonds is 11. The molecule has 0 saturated carbocycles. The minimum Gasteiger partial charge on any atom is -0.103 e. The molecule has 0 atom stereocenters. The summed E-state index contributed by atoms with van der Waals surface area (Å²) in [4.78, 5) is 0. The Labute approximate surface area is 96.5 Å². The van der Waals surface area contributed by atoms with Gasteiger partial charge in [0.2, 0.25) is 0 Å². The molecular weight excluding hydrogens is 180 g/mol. The minimum atomic E-state index is 1.18. The molecule has 0 aromatic heterocycles. The standard InChI is InChI=1S/C15H28/c1-3-5-7-9-11-13-15-14-12-10-8-6-4-2/h3,14-15H,1,4-13H2,2H3/b15-14-. The zero-order valence-corrected chi connectivity index (χ0v) is 10.5. The van der Waals surface area contributed by atoms with Crippen LogP contribution in [0.1, 0.15) is 71.1 Å². The van der Waals surface area contributed by atoms with Gasteiger partial charge in [-0.25, -0.2) is 0 Å². The Kier molecular flexibility index (Phi) is 13.0. The van der Waals surface area contributed by atoms with E-state index < -0.39 is 0 Å². The van der Waals surface area contributed by atoms with Crippen LogP contribution in [0.15, 0.2) is 24.8 Å². The summed E-state index contributed by atoms with van der Waals surface area (Å²) in [6, 6.07) is 0. The SMILES string of the molecule is C=CCCCCC/C=C\CCCCCC. The first kappa shape index (κ1) is 14.5. The summed E-state index contributed by atoms with van der Waals surface area (Å²) in [5.41, 5.74) is 0. The third kappa shape index (κ3) is 13.5. The molecule has 0 fully saturated rings. The normalized spacial score (nSPS) is 11.0. The van der Waals surface area contributed by atoms with Gasteiger partial charge in [-0.05, 0) is 38.5 Å². The van der Waals surface area contributed by atoms with E-state index in [9.17, 15) is 0 Å². The number of hydrogen-bond donors (Lipinski definition) is 0. The Morgan fingerprint density at radius 2 is 1.27 bits per heavy atom. The second kappa shape index (κ2) is 13.5. The molecule has 0 aliphatic carbocycles. The second-order valence-electron chi connectivity index (χ2n) is 4.25. The first-order valence-electron chi connectivity index (χ1n) is 6.67. The average Bonchev–Trinajstić information content (AvgIpc) is 2.26. The van der Waals surface area contributed by atoms with Gasteiger partial charge in [0, 0.05) is 0 Å². The smallest absolute Gasteiger partial charge is 0.0351 e. The summed E-state index contributed by atoms with van der Waals surface area (Å²) in [7, 11) is 0. The van der Waals surface area contributed by atoms with E-state index in [1.54, 1.807) is 0 Å². The van der Waals surface area contributed by atoms with E-state index in [0.29, 0.717) is 0 Å². The lowest BCUT2D eigenvalue weighted by Gasteiger charge is -1.96. The topological polar surface area (TPSA) is 0 Å². The maximum atomic E-state index is 3.73. The van der Waals surface area contributed by atoms with Gasteiger partial charge in [-0.2, -0.15) is 0 Å². The summed E-state index contributed by atoms with van der Waals surface area (Å²) >= 11 is 0. The van der Waals surface area contributed by atoms with Gasteiger partial charge in [0.15, 0.2) is 0 Å². The molecule has 0 unspecified atom stereocenters. The highest BCUT2D eigenvalue weighted by atomic mass is 13.9. The van der Waals surface area contributed by atoms with Crippen molar-refractivity contribution in [2.75, 3.05) is 0 Å². The fourth-order valence-electron chi connectivity index (χ4n) is 1.65. The van der Waals surface area contributed by atoms with E-state index >= 15 is 0 Å². The lowest BCUT2D eigenvalue weighted by molar-refractivity contribution is 0.670. The van der Waals surface area contributed by atoms with E-state index in [1.807, 2.05) is 6.08 Å². The van der Waals surface area contributed by atoms with Gasteiger partial charge >= 0.3 is 0 Å². The molecule has 0 aliphatic heterocycles. The predicted octanol–water partition coefficient (Wildman–Crippen LogP) is 5.65. The third-order valence-corrected chi connectivity index (χ3v) is 2.67. The Morgan fingerprint density at radius 1 is 0.733 bits per heavy atom. The summed E-state index contributed by atoms with van der Waals surface area (Å²) in [5, 5.41) is 0. The third-order valence-electron chi connectivity index (χ3n) is 2.67. The Morgan fingerprint density at radius 3 is 1.80 bits per heavy atom. The molecule has 0 radical (unpaired) electrons. The van der Waals surface area contributed by atoms with Crippen LogP contribution >= 0.6 is 0 Å². The van der Waals surface area contributed by atoms with Gasteiger partial charge in [0.05, 0.1) is 0 Å². The van der Waals surface area contributed by atoms with Crippen LogP contribution in [0, 0.1) is 0 Å².